The summed E-state index contributed by atoms with van der Waals surface area (Å²) >= 11 is 21.8. The molecule has 1 N–H and O–H groups in total. The van der Waals surface area contributed by atoms with Crippen molar-refractivity contribution in [2.24, 2.45) is 0 Å². The minimum atomic E-state index is -0.469. The molecule has 3 aromatic carbocycles. The molecule has 0 atom stereocenters. The van der Waals surface area contributed by atoms with Gasteiger partial charge in [-0.3, -0.25) is 4.79 Å². The van der Waals surface area contributed by atoms with E-state index in [-0.39, 0.29) is 12.2 Å². The van der Waals surface area contributed by atoms with Crippen molar-refractivity contribution in [3.05, 3.63) is 102 Å². The second kappa shape index (κ2) is 11.4. The monoisotopic (exact) mass is 548 g/mol. The first-order valence-corrected chi connectivity index (χ1v) is 11.3. The van der Waals surface area contributed by atoms with Crippen molar-refractivity contribution in [3.8, 4) is 11.8 Å². The van der Waals surface area contributed by atoms with E-state index >= 15 is 0 Å². The van der Waals surface area contributed by atoms with Gasteiger partial charge in [0.2, 0.25) is 0 Å². The zero-order chi connectivity index (χ0) is 23.1. The number of amides is 1. The van der Waals surface area contributed by atoms with Crippen LogP contribution in [0.5, 0.6) is 5.75 Å². The number of nitriles is 1. The van der Waals surface area contributed by atoms with Crippen molar-refractivity contribution >= 4 is 62.7 Å². The SMILES string of the molecule is N#C/C(=C/c1cc(Cl)c(OCc2ccc(Cl)c(Cl)c2)c(Br)c1)C(=O)NCc1ccccc1. The average Bonchev–Trinajstić information content (AvgIpc) is 2.78. The van der Waals surface area contributed by atoms with Gasteiger partial charge in [-0.2, -0.15) is 5.26 Å². The number of benzene rings is 3. The van der Waals surface area contributed by atoms with Gasteiger partial charge in [-0.05, 0) is 63.0 Å². The Hall–Kier alpha value is -2.49. The molecule has 0 heterocycles. The van der Waals surface area contributed by atoms with Gasteiger partial charge in [-0.15, -0.1) is 0 Å². The lowest BCUT2D eigenvalue weighted by Crippen LogP contribution is -2.23. The Morgan fingerprint density at radius 3 is 2.41 bits per heavy atom. The fourth-order valence-corrected chi connectivity index (χ4v) is 4.08. The Morgan fingerprint density at radius 1 is 1.00 bits per heavy atom. The van der Waals surface area contributed by atoms with E-state index in [4.69, 9.17) is 39.5 Å². The molecule has 162 valence electrons. The van der Waals surface area contributed by atoms with Gasteiger partial charge in [0.1, 0.15) is 18.2 Å². The van der Waals surface area contributed by atoms with E-state index in [1.807, 2.05) is 36.4 Å². The van der Waals surface area contributed by atoms with E-state index in [1.54, 1.807) is 30.3 Å². The summed E-state index contributed by atoms with van der Waals surface area (Å²) < 4.78 is 6.41. The largest absolute Gasteiger partial charge is 0.486 e. The lowest BCUT2D eigenvalue weighted by molar-refractivity contribution is -0.117. The predicted molar refractivity (Wildman–Crippen MR) is 132 cm³/mol. The summed E-state index contributed by atoms with van der Waals surface area (Å²) in [4.78, 5) is 12.4. The van der Waals surface area contributed by atoms with Crippen LogP contribution in [0.2, 0.25) is 15.1 Å². The van der Waals surface area contributed by atoms with Crippen LogP contribution in [0.25, 0.3) is 6.08 Å². The molecule has 0 aliphatic rings. The molecule has 0 spiro atoms. The minimum absolute atomic E-state index is 0.0339. The topological polar surface area (TPSA) is 62.1 Å². The van der Waals surface area contributed by atoms with Gasteiger partial charge in [0.15, 0.2) is 5.75 Å². The molecule has 0 saturated heterocycles. The first-order valence-electron chi connectivity index (χ1n) is 9.37. The van der Waals surface area contributed by atoms with Crippen LogP contribution < -0.4 is 10.1 Å². The first-order chi connectivity index (χ1) is 15.4. The Bertz CT molecular complexity index is 1180. The van der Waals surface area contributed by atoms with Crippen LogP contribution in [0.3, 0.4) is 0 Å². The second-order valence-electron chi connectivity index (χ2n) is 6.69. The van der Waals surface area contributed by atoms with Crippen LogP contribution in [0.1, 0.15) is 16.7 Å². The molecular weight excluding hydrogens is 535 g/mol. The molecule has 8 heteroatoms. The molecule has 32 heavy (non-hydrogen) atoms. The number of ether oxygens (including phenoxy) is 1. The molecule has 3 rings (SSSR count). The number of carbonyl (C=O) groups is 1. The molecule has 1 amide bonds. The average molecular weight is 551 g/mol. The summed E-state index contributed by atoms with van der Waals surface area (Å²) in [6, 6.07) is 19.9. The van der Waals surface area contributed by atoms with Crippen molar-refractivity contribution in [3.63, 3.8) is 0 Å². The highest BCUT2D eigenvalue weighted by Crippen LogP contribution is 2.36. The standard InChI is InChI=1S/C24H16BrCl3N2O2/c25-19-9-17(8-18(12-29)24(31)30-13-15-4-2-1-3-5-15)11-22(28)23(19)32-14-16-6-7-20(26)21(27)10-16/h1-11H,13-14H2,(H,30,31)/b18-8-. The molecule has 0 fully saturated rings. The fraction of sp³-hybridized carbons (Fsp3) is 0.0833. The first kappa shape index (κ1) is 24.2. The van der Waals surface area contributed by atoms with Crippen LogP contribution in [0.15, 0.2) is 70.7 Å². The lowest BCUT2D eigenvalue weighted by atomic mass is 10.1. The van der Waals surface area contributed by atoms with E-state index in [9.17, 15) is 10.1 Å². The Morgan fingerprint density at radius 2 is 1.75 bits per heavy atom. The lowest BCUT2D eigenvalue weighted by Gasteiger charge is -2.12. The van der Waals surface area contributed by atoms with Crippen LogP contribution in [0.4, 0.5) is 0 Å². The number of nitrogens with zero attached hydrogens (tertiary/aromatic N) is 1. The van der Waals surface area contributed by atoms with Crippen molar-refractivity contribution in [2.75, 3.05) is 0 Å². The number of carbonyl (C=O) groups excluding carboxylic acids is 1. The molecule has 0 unspecified atom stereocenters. The zero-order valence-electron chi connectivity index (χ0n) is 16.5. The molecule has 0 bridgehead atoms. The molecule has 3 aromatic rings. The fourth-order valence-electron chi connectivity index (χ4n) is 2.77. The van der Waals surface area contributed by atoms with Crippen molar-refractivity contribution < 1.29 is 9.53 Å². The normalized spacial score (nSPS) is 11.0. The van der Waals surface area contributed by atoms with E-state index in [1.165, 1.54) is 6.08 Å². The summed E-state index contributed by atoms with van der Waals surface area (Å²) in [5, 5.41) is 13.4. The Kier molecular flexibility index (Phi) is 8.60. The highest BCUT2D eigenvalue weighted by molar-refractivity contribution is 9.10. The van der Waals surface area contributed by atoms with Crippen molar-refractivity contribution in [1.82, 2.24) is 5.32 Å². The Labute approximate surface area is 209 Å². The van der Waals surface area contributed by atoms with Gasteiger partial charge in [0.05, 0.1) is 19.5 Å². The zero-order valence-corrected chi connectivity index (χ0v) is 20.4. The second-order valence-corrected chi connectivity index (χ2v) is 8.76. The maximum atomic E-state index is 12.4. The maximum Gasteiger partial charge on any atom is 0.262 e. The smallest absolute Gasteiger partial charge is 0.262 e. The van der Waals surface area contributed by atoms with Gasteiger partial charge in [-0.25, -0.2) is 0 Å². The number of rotatable bonds is 7. The molecule has 0 aliphatic carbocycles. The number of halogens is 4. The summed E-state index contributed by atoms with van der Waals surface area (Å²) in [5.74, 6) is -0.0366. The third kappa shape index (κ3) is 6.51. The van der Waals surface area contributed by atoms with Gasteiger partial charge in [0, 0.05) is 6.54 Å². The van der Waals surface area contributed by atoms with Gasteiger partial charge >= 0.3 is 0 Å². The van der Waals surface area contributed by atoms with Crippen LogP contribution in [0, 0.1) is 11.3 Å². The van der Waals surface area contributed by atoms with Crippen molar-refractivity contribution in [1.29, 1.82) is 5.26 Å². The molecule has 0 saturated carbocycles. The van der Waals surface area contributed by atoms with Crippen LogP contribution in [-0.4, -0.2) is 5.91 Å². The summed E-state index contributed by atoms with van der Waals surface area (Å²) in [7, 11) is 0. The van der Waals surface area contributed by atoms with Gasteiger partial charge in [0.25, 0.3) is 5.91 Å². The molecule has 4 nitrogen and oxygen atoms in total. The maximum absolute atomic E-state index is 12.4. The van der Waals surface area contributed by atoms with Crippen LogP contribution >= 0.6 is 50.7 Å². The number of hydrogen-bond donors (Lipinski definition) is 1. The quantitative estimate of drug-likeness (QED) is 0.250. The third-order valence-corrected chi connectivity index (χ3v) is 5.97. The third-order valence-electron chi connectivity index (χ3n) is 4.36. The summed E-state index contributed by atoms with van der Waals surface area (Å²) in [6.45, 7) is 0.556. The van der Waals surface area contributed by atoms with E-state index in [0.717, 1.165) is 11.1 Å². The Balaban J connectivity index is 1.72. The summed E-state index contributed by atoms with van der Waals surface area (Å²) in [5.41, 5.74) is 2.31. The highest BCUT2D eigenvalue weighted by atomic mass is 79.9. The van der Waals surface area contributed by atoms with Gasteiger partial charge in [-0.1, -0.05) is 71.2 Å². The van der Waals surface area contributed by atoms with Crippen molar-refractivity contribution in [2.45, 2.75) is 13.2 Å². The molecule has 0 radical (unpaired) electrons. The molecular formula is C24H16BrCl3N2O2. The van der Waals surface area contributed by atoms with E-state index in [2.05, 4.69) is 21.2 Å². The minimum Gasteiger partial charge on any atom is -0.486 e. The number of hydrogen-bond acceptors (Lipinski definition) is 3. The highest BCUT2D eigenvalue weighted by Gasteiger charge is 2.13. The summed E-state index contributed by atoms with van der Waals surface area (Å²) in [6.07, 6.45) is 1.47. The number of nitrogens with one attached hydrogen (secondary N) is 1. The molecule has 0 aliphatic heterocycles. The predicted octanol–water partition coefficient (Wildman–Crippen LogP) is 7.21. The van der Waals surface area contributed by atoms with E-state index < -0.39 is 5.91 Å². The van der Waals surface area contributed by atoms with E-state index in [0.29, 0.717) is 37.4 Å². The van der Waals surface area contributed by atoms with Gasteiger partial charge < -0.3 is 10.1 Å². The van der Waals surface area contributed by atoms with Crippen LogP contribution in [-0.2, 0) is 17.9 Å². The molecule has 0 aromatic heterocycles.